The third-order valence-electron chi connectivity index (χ3n) is 4.48. The van der Waals surface area contributed by atoms with Crippen LogP contribution in [0.3, 0.4) is 0 Å². The van der Waals surface area contributed by atoms with Crippen LogP contribution in [0.4, 0.5) is 0 Å². The minimum Gasteiger partial charge on any atom is -0.393 e. The van der Waals surface area contributed by atoms with Gasteiger partial charge in [-0.3, -0.25) is 4.79 Å². The number of hydrogen-bond acceptors (Lipinski definition) is 2. The lowest BCUT2D eigenvalue weighted by Crippen LogP contribution is -2.33. The number of hydrogen-bond donors (Lipinski definition) is 2. The molecule has 1 fully saturated rings. The number of nitrogens with one attached hydrogen (secondary N) is 1. The number of aliphatic hydroxyl groups excluding tert-OH is 1. The van der Waals surface area contributed by atoms with Crippen molar-refractivity contribution in [1.82, 2.24) is 9.88 Å². The molecule has 112 valence electrons. The number of aliphatic hydroxyl groups is 1. The van der Waals surface area contributed by atoms with Gasteiger partial charge >= 0.3 is 0 Å². The summed E-state index contributed by atoms with van der Waals surface area (Å²) >= 11 is 0. The van der Waals surface area contributed by atoms with Crippen molar-refractivity contribution < 1.29 is 9.90 Å². The van der Waals surface area contributed by atoms with Gasteiger partial charge in [0.15, 0.2) is 0 Å². The molecule has 2 unspecified atom stereocenters. The molecule has 1 aliphatic carbocycles. The van der Waals surface area contributed by atoms with Crippen LogP contribution in [-0.4, -0.2) is 28.2 Å². The van der Waals surface area contributed by atoms with Gasteiger partial charge in [-0.25, -0.2) is 0 Å². The van der Waals surface area contributed by atoms with E-state index in [1.54, 1.807) is 0 Å². The van der Waals surface area contributed by atoms with E-state index in [0.29, 0.717) is 12.5 Å². The highest BCUT2D eigenvalue weighted by molar-refractivity contribution is 6.06. The van der Waals surface area contributed by atoms with Crippen LogP contribution in [0.25, 0.3) is 10.9 Å². The van der Waals surface area contributed by atoms with Crippen LogP contribution in [0.2, 0.25) is 0 Å². The highest BCUT2D eigenvalue weighted by Gasteiger charge is 2.21. The molecule has 1 aromatic heterocycles. The minimum absolute atomic E-state index is 0.0214. The fourth-order valence-corrected chi connectivity index (χ4v) is 3.28. The number of amides is 1. The number of rotatable bonds is 3. The summed E-state index contributed by atoms with van der Waals surface area (Å²) in [4.78, 5) is 12.4. The quantitative estimate of drug-likeness (QED) is 0.910. The van der Waals surface area contributed by atoms with E-state index in [-0.39, 0.29) is 12.0 Å². The number of aromatic nitrogens is 1. The van der Waals surface area contributed by atoms with E-state index < -0.39 is 0 Å². The summed E-state index contributed by atoms with van der Waals surface area (Å²) in [5, 5.41) is 13.7. The summed E-state index contributed by atoms with van der Waals surface area (Å²) in [5.74, 6) is 0.375. The van der Waals surface area contributed by atoms with Crippen molar-refractivity contribution in [3.05, 3.63) is 36.0 Å². The van der Waals surface area contributed by atoms with Crippen molar-refractivity contribution in [2.24, 2.45) is 13.0 Å². The van der Waals surface area contributed by atoms with Gasteiger partial charge in [0.1, 0.15) is 0 Å². The first-order valence-electron chi connectivity index (χ1n) is 7.65. The number of benzene rings is 1. The molecule has 0 bridgehead atoms. The van der Waals surface area contributed by atoms with Gasteiger partial charge in [-0.2, -0.15) is 0 Å². The average molecular weight is 286 g/mol. The fourth-order valence-electron chi connectivity index (χ4n) is 3.28. The van der Waals surface area contributed by atoms with E-state index in [1.165, 1.54) is 0 Å². The van der Waals surface area contributed by atoms with Crippen molar-refractivity contribution in [3.8, 4) is 0 Å². The Morgan fingerprint density at radius 3 is 3.05 bits per heavy atom. The summed E-state index contributed by atoms with van der Waals surface area (Å²) < 4.78 is 2.02. The monoisotopic (exact) mass is 286 g/mol. The van der Waals surface area contributed by atoms with Crippen molar-refractivity contribution >= 4 is 16.8 Å². The zero-order chi connectivity index (χ0) is 14.8. The maximum atomic E-state index is 12.4. The maximum absolute atomic E-state index is 12.4. The van der Waals surface area contributed by atoms with Gasteiger partial charge in [-0.15, -0.1) is 0 Å². The lowest BCUT2D eigenvalue weighted by molar-refractivity contribution is 0.0875. The van der Waals surface area contributed by atoms with Crippen LogP contribution in [0.15, 0.2) is 30.5 Å². The number of carbonyl (C=O) groups excluding carboxylic acids is 1. The molecular formula is C17H22N2O2. The van der Waals surface area contributed by atoms with E-state index in [4.69, 9.17) is 0 Å². The Morgan fingerprint density at radius 1 is 1.38 bits per heavy atom. The fraction of sp³-hybridized carbons (Fsp3) is 0.471. The maximum Gasteiger partial charge on any atom is 0.251 e. The van der Waals surface area contributed by atoms with Crippen molar-refractivity contribution in [2.45, 2.75) is 31.8 Å². The SMILES string of the molecule is Cn1ccc2c(C(=O)NCC3CCCC(O)C3)cccc21. The second-order valence-electron chi connectivity index (χ2n) is 6.06. The first-order valence-corrected chi connectivity index (χ1v) is 7.65. The van der Waals surface area contributed by atoms with Crippen molar-refractivity contribution in [3.63, 3.8) is 0 Å². The topological polar surface area (TPSA) is 54.3 Å². The summed E-state index contributed by atoms with van der Waals surface area (Å²) in [6.07, 6.45) is 5.61. The van der Waals surface area contributed by atoms with Gasteiger partial charge in [-0.05, 0) is 43.4 Å². The molecule has 0 radical (unpaired) electrons. The van der Waals surface area contributed by atoms with Crippen molar-refractivity contribution in [1.29, 1.82) is 0 Å². The smallest absolute Gasteiger partial charge is 0.251 e. The van der Waals surface area contributed by atoms with Crippen LogP contribution >= 0.6 is 0 Å². The lowest BCUT2D eigenvalue weighted by atomic mass is 9.87. The van der Waals surface area contributed by atoms with E-state index in [1.807, 2.05) is 42.1 Å². The molecule has 1 heterocycles. The molecule has 2 aromatic rings. The summed E-state index contributed by atoms with van der Waals surface area (Å²) in [7, 11) is 1.98. The molecule has 0 saturated heterocycles. The van der Waals surface area contributed by atoms with Crippen LogP contribution in [0, 0.1) is 5.92 Å². The van der Waals surface area contributed by atoms with Gasteiger partial charge < -0.3 is 15.0 Å². The third kappa shape index (κ3) is 2.95. The average Bonchev–Trinajstić information content (AvgIpc) is 2.87. The second-order valence-corrected chi connectivity index (χ2v) is 6.06. The van der Waals surface area contributed by atoms with Gasteiger partial charge in [0, 0.05) is 36.3 Å². The molecule has 1 aromatic carbocycles. The van der Waals surface area contributed by atoms with E-state index in [2.05, 4.69) is 5.32 Å². The van der Waals surface area contributed by atoms with E-state index in [0.717, 1.165) is 42.1 Å². The lowest BCUT2D eigenvalue weighted by Gasteiger charge is -2.25. The predicted molar refractivity (Wildman–Crippen MR) is 83.2 cm³/mol. The van der Waals surface area contributed by atoms with Crippen LogP contribution in [0.5, 0.6) is 0 Å². The predicted octanol–water partition coefficient (Wildman–Crippen LogP) is 2.46. The normalized spacial score (nSPS) is 22.4. The molecule has 3 rings (SSSR count). The first kappa shape index (κ1) is 14.1. The number of fused-ring (bicyclic) bond motifs is 1. The highest BCUT2D eigenvalue weighted by atomic mass is 16.3. The Labute approximate surface area is 124 Å². The standard InChI is InChI=1S/C17H22N2O2/c1-19-9-8-14-15(6-3-7-16(14)19)17(21)18-11-12-4-2-5-13(20)10-12/h3,6-9,12-13,20H,2,4-5,10-11H2,1H3,(H,18,21). The van der Waals surface area contributed by atoms with Crippen LogP contribution in [-0.2, 0) is 7.05 Å². The highest BCUT2D eigenvalue weighted by Crippen LogP contribution is 2.24. The summed E-state index contributed by atoms with van der Waals surface area (Å²) in [6, 6.07) is 7.78. The third-order valence-corrected chi connectivity index (χ3v) is 4.48. The first-order chi connectivity index (χ1) is 10.1. The van der Waals surface area contributed by atoms with E-state index in [9.17, 15) is 9.90 Å². The minimum atomic E-state index is -0.196. The number of nitrogens with zero attached hydrogens (tertiary/aromatic N) is 1. The molecule has 1 saturated carbocycles. The zero-order valence-electron chi connectivity index (χ0n) is 12.4. The molecule has 1 aliphatic rings. The molecule has 4 nitrogen and oxygen atoms in total. The van der Waals surface area contributed by atoms with Crippen LogP contribution < -0.4 is 5.32 Å². The molecule has 21 heavy (non-hydrogen) atoms. The van der Waals surface area contributed by atoms with Crippen molar-refractivity contribution in [2.75, 3.05) is 6.54 Å². The van der Waals surface area contributed by atoms with Gasteiger partial charge in [0.05, 0.1) is 6.10 Å². The zero-order valence-corrected chi connectivity index (χ0v) is 12.4. The molecule has 0 aliphatic heterocycles. The van der Waals surface area contributed by atoms with E-state index >= 15 is 0 Å². The van der Waals surface area contributed by atoms with Crippen LogP contribution in [0.1, 0.15) is 36.0 Å². The molecule has 4 heteroatoms. The Balaban J connectivity index is 1.69. The largest absolute Gasteiger partial charge is 0.393 e. The summed E-state index contributed by atoms with van der Waals surface area (Å²) in [6.45, 7) is 0.652. The molecule has 0 spiro atoms. The number of aryl methyl sites for hydroxylation is 1. The second kappa shape index (κ2) is 5.90. The molecule has 1 amide bonds. The summed E-state index contributed by atoms with van der Waals surface area (Å²) in [5.41, 5.74) is 1.79. The van der Waals surface area contributed by atoms with Gasteiger partial charge in [0.25, 0.3) is 5.91 Å². The van der Waals surface area contributed by atoms with Gasteiger partial charge in [0.2, 0.25) is 0 Å². The Morgan fingerprint density at radius 2 is 2.24 bits per heavy atom. The van der Waals surface area contributed by atoms with Gasteiger partial charge in [-0.1, -0.05) is 12.5 Å². The Hall–Kier alpha value is -1.81. The molecule has 2 N–H and O–H groups in total. The molecular weight excluding hydrogens is 264 g/mol. The molecule has 2 atom stereocenters. The Kier molecular flexibility index (Phi) is 3.97. The Bertz CT molecular complexity index is 647. The number of carbonyl (C=O) groups is 1.